The second-order valence-electron chi connectivity index (χ2n) is 2.92. The fourth-order valence-electron chi connectivity index (χ4n) is 1.23. The van der Waals surface area contributed by atoms with Gasteiger partial charge in [0.2, 0.25) is 0 Å². The molecule has 1 heterocycles. The predicted octanol–water partition coefficient (Wildman–Crippen LogP) is 1.19. The van der Waals surface area contributed by atoms with Crippen LogP contribution in [0.25, 0.3) is 10.1 Å². The monoisotopic (exact) mass is 244 g/mol. The van der Waals surface area contributed by atoms with Crippen molar-refractivity contribution in [1.82, 2.24) is 9.10 Å². The second-order valence-corrected chi connectivity index (χ2v) is 4.97. The van der Waals surface area contributed by atoms with Crippen LogP contribution in [0.15, 0.2) is 24.3 Å². The predicted molar refractivity (Wildman–Crippen MR) is 58.0 cm³/mol. The molecule has 0 aliphatic rings. The molecule has 2 N–H and O–H groups in total. The number of rotatable bonds is 3. The van der Waals surface area contributed by atoms with E-state index in [4.69, 9.17) is 4.55 Å². The van der Waals surface area contributed by atoms with Gasteiger partial charge < -0.3 is 0 Å². The van der Waals surface area contributed by atoms with Crippen LogP contribution in [0.1, 0.15) is 5.69 Å². The smallest absolute Gasteiger partial charge is 0.273 e. The minimum absolute atomic E-state index is 0.00282. The van der Waals surface area contributed by atoms with Crippen LogP contribution >= 0.6 is 11.5 Å². The highest BCUT2D eigenvalue weighted by molar-refractivity contribution is 7.83. The molecule has 1 aromatic heterocycles. The zero-order valence-corrected chi connectivity index (χ0v) is 9.18. The largest absolute Gasteiger partial charge is 0.333 e. The molecule has 0 saturated heterocycles. The van der Waals surface area contributed by atoms with E-state index in [0.717, 1.165) is 10.1 Å². The maximum absolute atomic E-state index is 10.5. The quantitative estimate of drug-likeness (QED) is 0.795. The van der Waals surface area contributed by atoms with Crippen LogP contribution in [0.5, 0.6) is 0 Å². The highest BCUT2D eigenvalue weighted by Gasteiger charge is 2.08. The maximum Gasteiger partial charge on any atom is 0.333 e. The molecule has 5 nitrogen and oxygen atoms in total. The van der Waals surface area contributed by atoms with E-state index in [1.807, 2.05) is 29.0 Å². The first-order valence-electron chi connectivity index (χ1n) is 4.11. The maximum atomic E-state index is 10.5. The lowest BCUT2D eigenvalue weighted by Crippen LogP contribution is -2.21. The van der Waals surface area contributed by atoms with Gasteiger partial charge in [0, 0.05) is 5.39 Å². The molecular formula is C8H8N2O3S2. The molecule has 80 valence electrons. The molecule has 0 amide bonds. The lowest BCUT2D eigenvalue weighted by molar-refractivity contribution is 0.467. The normalized spacial score (nSPS) is 12.1. The van der Waals surface area contributed by atoms with Crippen LogP contribution in [0.2, 0.25) is 0 Å². The number of aromatic nitrogens is 1. The van der Waals surface area contributed by atoms with E-state index in [1.165, 1.54) is 11.5 Å². The standard InChI is InChI=1S/C8H8N2O3S2/c11-15(12,13)9-5-7-6-3-1-2-4-8(6)14-10-7/h1-4,9H,5H2,(H,11,12,13). The molecule has 0 bridgehead atoms. The molecule has 0 atom stereocenters. The van der Waals surface area contributed by atoms with Crippen LogP contribution in [-0.4, -0.2) is 17.3 Å². The molecule has 0 saturated carbocycles. The van der Waals surface area contributed by atoms with Crippen LogP contribution in [0.4, 0.5) is 0 Å². The summed E-state index contributed by atoms with van der Waals surface area (Å²) < 4.78 is 36.6. The van der Waals surface area contributed by atoms with Crippen LogP contribution in [-0.2, 0) is 16.8 Å². The third-order valence-electron chi connectivity index (χ3n) is 1.87. The van der Waals surface area contributed by atoms with Crippen LogP contribution in [0, 0.1) is 0 Å². The fraction of sp³-hybridized carbons (Fsp3) is 0.125. The van der Waals surface area contributed by atoms with E-state index in [2.05, 4.69) is 4.37 Å². The first-order chi connectivity index (χ1) is 7.06. The Kier molecular flexibility index (Phi) is 2.70. The Hall–Kier alpha value is -1.02. The average Bonchev–Trinajstić information content (AvgIpc) is 2.57. The SMILES string of the molecule is O=S(=O)(O)NCc1nsc2ccccc12. The molecule has 2 aromatic rings. The molecule has 0 fully saturated rings. The molecule has 15 heavy (non-hydrogen) atoms. The highest BCUT2D eigenvalue weighted by Crippen LogP contribution is 2.21. The fourth-order valence-corrected chi connectivity index (χ4v) is 2.34. The van der Waals surface area contributed by atoms with E-state index in [-0.39, 0.29) is 6.54 Å². The van der Waals surface area contributed by atoms with Gasteiger partial charge in [-0.25, -0.2) is 0 Å². The Morgan fingerprint density at radius 1 is 1.40 bits per heavy atom. The molecule has 0 unspecified atom stereocenters. The van der Waals surface area contributed by atoms with Gasteiger partial charge in [-0.05, 0) is 17.6 Å². The molecule has 0 aliphatic carbocycles. The Morgan fingerprint density at radius 3 is 2.87 bits per heavy atom. The Balaban J connectivity index is 2.29. The summed E-state index contributed by atoms with van der Waals surface area (Å²) in [6.45, 7) is 0.00282. The number of benzene rings is 1. The van der Waals surface area contributed by atoms with Gasteiger partial charge in [-0.15, -0.1) is 0 Å². The van der Waals surface area contributed by atoms with E-state index in [9.17, 15) is 8.42 Å². The van der Waals surface area contributed by atoms with Gasteiger partial charge >= 0.3 is 10.3 Å². The molecule has 2 rings (SSSR count). The zero-order chi connectivity index (χ0) is 10.9. The molecule has 0 spiro atoms. The second kappa shape index (κ2) is 3.86. The number of hydrogen-bond acceptors (Lipinski definition) is 4. The van der Waals surface area contributed by atoms with Gasteiger partial charge in [-0.1, -0.05) is 18.2 Å². The van der Waals surface area contributed by atoms with Crippen molar-refractivity contribution in [3.05, 3.63) is 30.0 Å². The van der Waals surface area contributed by atoms with E-state index in [1.54, 1.807) is 0 Å². The van der Waals surface area contributed by atoms with Crippen molar-refractivity contribution in [3.63, 3.8) is 0 Å². The van der Waals surface area contributed by atoms with E-state index >= 15 is 0 Å². The lowest BCUT2D eigenvalue weighted by Gasteiger charge is -1.97. The third-order valence-corrected chi connectivity index (χ3v) is 3.25. The Morgan fingerprint density at radius 2 is 2.13 bits per heavy atom. The molecule has 0 aliphatic heterocycles. The topological polar surface area (TPSA) is 79.3 Å². The minimum Gasteiger partial charge on any atom is -0.273 e. The summed E-state index contributed by atoms with van der Waals surface area (Å²) in [5.74, 6) is 0. The van der Waals surface area contributed by atoms with E-state index in [0.29, 0.717) is 5.69 Å². The summed E-state index contributed by atoms with van der Waals surface area (Å²) in [7, 11) is -4.15. The van der Waals surface area contributed by atoms with E-state index < -0.39 is 10.3 Å². The van der Waals surface area contributed by atoms with Gasteiger partial charge in [0.15, 0.2) is 0 Å². The third kappa shape index (κ3) is 2.51. The van der Waals surface area contributed by atoms with Crippen LogP contribution in [0.3, 0.4) is 0 Å². The van der Waals surface area contributed by atoms with Gasteiger partial charge in [0.05, 0.1) is 16.9 Å². The number of fused-ring (bicyclic) bond motifs is 1. The van der Waals surface area contributed by atoms with Crippen molar-refractivity contribution in [2.24, 2.45) is 0 Å². The van der Waals surface area contributed by atoms with Crippen molar-refractivity contribution in [2.45, 2.75) is 6.54 Å². The van der Waals surface area contributed by atoms with Crippen molar-refractivity contribution >= 4 is 31.9 Å². The zero-order valence-electron chi connectivity index (χ0n) is 7.54. The summed E-state index contributed by atoms with van der Waals surface area (Å²) in [5, 5.41) is 0.902. The van der Waals surface area contributed by atoms with Crippen LogP contribution < -0.4 is 4.72 Å². The van der Waals surface area contributed by atoms with Crippen molar-refractivity contribution in [3.8, 4) is 0 Å². The summed E-state index contributed by atoms with van der Waals surface area (Å²) in [5.41, 5.74) is 0.619. The van der Waals surface area contributed by atoms with Crippen molar-refractivity contribution < 1.29 is 13.0 Å². The highest BCUT2D eigenvalue weighted by atomic mass is 32.2. The summed E-state index contributed by atoms with van der Waals surface area (Å²) in [6.07, 6.45) is 0. The summed E-state index contributed by atoms with van der Waals surface area (Å²) in [6, 6.07) is 7.51. The summed E-state index contributed by atoms with van der Waals surface area (Å²) >= 11 is 1.30. The Bertz CT molecular complexity index is 576. The average molecular weight is 244 g/mol. The number of nitrogens with zero attached hydrogens (tertiary/aromatic N) is 1. The number of nitrogens with one attached hydrogen (secondary N) is 1. The molecule has 7 heteroatoms. The van der Waals surface area contributed by atoms with Crippen molar-refractivity contribution in [2.75, 3.05) is 0 Å². The molecule has 0 radical (unpaired) electrons. The lowest BCUT2D eigenvalue weighted by atomic mass is 10.2. The first kappa shape index (κ1) is 10.5. The van der Waals surface area contributed by atoms with Crippen molar-refractivity contribution in [1.29, 1.82) is 0 Å². The van der Waals surface area contributed by atoms with Gasteiger partial charge in [0.25, 0.3) is 0 Å². The minimum atomic E-state index is -4.15. The first-order valence-corrected chi connectivity index (χ1v) is 6.33. The van der Waals surface area contributed by atoms with Gasteiger partial charge in [0.1, 0.15) is 0 Å². The van der Waals surface area contributed by atoms with Gasteiger partial charge in [-0.2, -0.15) is 17.5 Å². The number of hydrogen-bond donors (Lipinski definition) is 2. The molecule has 1 aromatic carbocycles. The molecular weight excluding hydrogens is 236 g/mol. The Labute approximate surface area is 90.8 Å². The van der Waals surface area contributed by atoms with Gasteiger partial charge in [-0.3, -0.25) is 4.55 Å². The summed E-state index contributed by atoms with van der Waals surface area (Å²) in [4.78, 5) is 0.